The molecule has 0 amide bonds. The molecular weight excluding hydrogens is 256 g/mol. The van der Waals surface area contributed by atoms with Crippen LogP contribution in [0.15, 0.2) is 60.7 Å². The molecule has 0 saturated heterocycles. The first-order valence-corrected chi connectivity index (χ1v) is 7.63. The smallest absolute Gasteiger partial charge is 0.105 e. The number of hydrogen-bond acceptors (Lipinski definition) is 1. The second-order valence-corrected chi connectivity index (χ2v) is 5.88. The molecule has 1 atom stereocenters. The van der Waals surface area contributed by atoms with E-state index in [0.29, 0.717) is 0 Å². The van der Waals surface area contributed by atoms with Crippen molar-refractivity contribution < 1.29 is 4.90 Å². The second kappa shape index (κ2) is 5.30. The maximum Gasteiger partial charge on any atom is 0.105 e. The SMILES string of the molecule is c1ccc(C[NH+]2CCc3nc4ccccc4cc3C2)cc1. The number of hydrogen-bond donors (Lipinski definition) is 1. The minimum Gasteiger partial charge on any atom is -0.327 e. The van der Waals surface area contributed by atoms with E-state index in [9.17, 15) is 0 Å². The summed E-state index contributed by atoms with van der Waals surface area (Å²) in [6.45, 7) is 3.36. The number of benzene rings is 2. The fraction of sp³-hybridized carbons (Fsp3) is 0.211. The van der Waals surface area contributed by atoms with Gasteiger partial charge in [0.15, 0.2) is 0 Å². The molecule has 2 nitrogen and oxygen atoms in total. The van der Waals surface area contributed by atoms with Crippen molar-refractivity contribution in [1.29, 1.82) is 0 Å². The van der Waals surface area contributed by atoms with Crippen LogP contribution in [-0.4, -0.2) is 11.5 Å². The number of quaternary nitrogens is 1. The predicted molar refractivity (Wildman–Crippen MR) is 85.1 cm³/mol. The number of aromatic nitrogens is 1. The van der Waals surface area contributed by atoms with Crippen LogP contribution in [-0.2, 0) is 19.5 Å². The lowest BCUT2D eigenvalue weighted by molar-refractivity contribution is -0.929. The topological polar surface area (TPSA) is 17.3 Å². The summed E-state index contributed by atoms with van der Waals surface area (Å²) in [6, 6.07) is 21.5. The van der Waals surface area contributed by atoms with Gasteiger partial charge >= 0.3 is 0 Å². The van der Waals surface area contributed by atoms with Gasteiger partial charge in [0.25, 0.3) is 0 Å². The zero-order valence-corrected chi connectivity index (χ0v) is 12.0. The molecule has 0 aliphatic carbocycles. The van der Waals surface area contributed by atoms with Crippen LogP contribution in [0, 0.1) is 0 Å². The number of pyridine rings is 1. The summed E-state index contributed by atoms with van der Waals surface area (Å²) in [4.78, 5) is 6.47. The fourth-order valence-corrected chi connectivity index (χ4v) is 3.26. The summed E-state index contributed by atoms with van der Waals surface area (Å²) in [7, 11) is 0. The Morgan fingerprint density at radius 1 is 0.952 bits per heavy atom. The van der Waals surface area contributed by atoms with Crippen LogP contribution in [0.3, 0.4) is 0 Å². The minimum absolute atomic E-state index is 1.09. The summed E-state index contributed by atoms with van der Waals surface area (Å²) in [6.07, 6.45) is 1.09. The molecule has 3 aromatic rings. The molecule has 0 fully saturated rings. The number of para-hydroxylation sites is 1. The molecule has 0 saturated carbocycles. The van der Waals surface area contributed by atoms with Crippen molar-refractivity contribution in [3.8, 4) is 0 Å². The van der Waals surface area contributed by atoms with Crippen LogP contribution in [0.25, 0.3) is 10.9 Å². The minimum atomic E-state index is 1.09. The zero-order chi connectivity index (χ0) is 14.1. The van der Waals surface area contributed by atoms with Gasteiger partial charge in [0.05, 0.1) is 17.8 Å². The third-order valence-corrected chi connectivity index (χ3v) is 4.35. The highest BCUT2D eigenvalue weighted by molar-refractivity contribution is 5.79. The van der Waals surface area contributed by atoms with Crippen molar-refractivity contribution in [1.82, 2.24) is 4.98 Å². The third kappa shape index (κ3) is 2.55. The first-order valence-electron chi connectivity index (χ1n) is 7.63. The van der Waals surface area contributed by atoms with Gasteiger partial charge in [-0.25, -0.2) is 0 Å². The molecule has 1 aliphatic heterocycles. The largest absolute Gasteiger partial charge is 0.327 e. The summed E-state index contributed by atoms with van der Waals surface area (Å²) < 4.78 is 0. The molecule has 1 aliphatic rings. The summed E-state index contributed by atoms with van der Waals surface area (Å²) >= 11 is 0. The lowest BCUT2D eigenvalue weighted by Crippen LogP contribution is -3.10. The number of nitrogens with one attached hydrogen (secondary N) is 1. The van der Waals surface area contributed by atoms with Crippen molar-refractivity contribution >= 4 is 10.9 Å². The van der Waals surface area contributed by atoms with Crippen molar-refractivity contribution in [2.24, 2.45) is 0 Å². The van der Waals surface area contributed by atoms with E-state index < -0.39 is 0 Å². The Morgan fingerprint density at radius 2 is 1.76 bits per heavy atom. The fourth-order valence-electron chi connectivity index (χ4n) is 3.26. The molecule has 2 heterocycles. The molecule has 21 heavy (non-hydrogen) atoms. The average molecular weight is 275 g/mol. The first-order chi connectivity index (χ1) is 10.4. The van der Waals surface area contributed by atoms with Crippen molar-refractivity contribution in [3.63, 3.8) is 0 Å². The van der Waals surface area contributed by atoms with E-state index in [-0.39, 0.29) is 0 Å². The first kappa shape index (κ1) is 12.5. The van der Waals surface area contributed by atoms with Crippen LogP contribution in [0.4, 0.5) is 0 Å². The van der Waals surface area contributed by atoms with Crippen LogP contribution < -0.4 is 4.90 Å². The lowest BCUT2D eigenvalue weighted by atomic mass is 10.0. The Morgan fingerprint density at radius 3 is 2.67 bits per heavy atom. The van der Waals surface area contributed by atoms with Gasteiger partial charge in [-0.1, -0.05) is 48.5 Å². The molecule has 1 unspecified atom stereocenters. The summed E-state index contributed by atoms with van der Waals surface area (Å²) in [5.41, 5.74) is 5.27. The van der Waals surface area contributed by atoms with Gasteiger partial charge in [-0.05, 0) is 12.1 Å². The summed E-state index contributed by atoms with van der Waals surface area (Å²) in [5, 5.41) is 1.26. The van der Waals surface area contributed by atoms with Crippen LogP contribution in [0.1, 0.15) is 16.8 Å². The normalized spacial score (nSPS) is 17.6. The van der Waals surface area contributed by atoms with E-state index in [1.165, 1.54) is 28.8 Å². The molecule has 4 rings (SSSR count). The zero-order valence-electron chi connectivity index (χ0n) is 12.0. The molecule has 0 spiro atoms. The molecule has 1 N–H and O–H groups in total. The quantitative estimate of drug-likeness (QED) is 0.760. The lowest BCUT2D eigenvalue weighted by Gasteiger charge is -2.25. The average Bonchev–Trinajstić information content (AvgIpc) is 2.54. The van der Waals surface area contributed by atoms with Gasteiger partial charge in [0.1, 0.15) is 13.1 Å². The van der Waals surface area contributed by atoms with E-state index >= 15 is 0 Å². The van der Waals surface area contributed by atoms with Crippen molar-refractivity contribution in [3.05, 3.63) is 77.5 Å². The second-order valence-electron chi connectivity index (χ2n) is 5.88. The van der Waals surface area contributed by atoms with Gasteiger partial charge in [0, 0.05) is 22.9 Å². The maximum absolute atomic E-state index is 4.84. The monoisotopic (exact) mass is 275 g/mol. The molecule has 2 aromatic carbocycles. The van der Waals surface area contributed by atoms with Gasteiger partial charge in [0.2, 0.25) is 0 Å². The number of rotatable bonds is 2. The molecule has 104 valence electrons. The van der Waals surface area contributed by atoms with Crippen molar-refractivity contribution in [2.45, 2.75) is 19.5 Å². The van der Waals surface area contributed by atoms with Crippen LogP contribution >= 0.6 is 0 Å². The van der Waals surface area contributed by atoms with Crippen LogP contribution in [0.5, 0.6) is 0 Å². The van der Waals surface area contributed by atoms with Gasteiger partial charge < -0.3 is 4.90 Å². The van der Waals surface area contributed by atoms with E-state index in [1.807, 2.05) is 0 Å². The standard InChI is InChI=1S/C19H18N2/c1-2-6-15(7-3-1)13-21-11-10-19-17(14-21)12-16-8-4-5-9-18(16)20-19/h1-9,12H,10-11,13-14H2/p+1. The number of fused-ring (bicyclic) bond motifs is 2. The number of nitrogens with zero attached hydrogens (tertiary/aromatic N) is 1. The summed E-state index contributed by atoms with van der Waals surface area (Å²) in [5.74, 6) is 0. The maximum atomic E-state index is 4.84. The highest BCUT2D eigenvalue weighted by Gasteiger charge is 2.21. The molecular formula is C19H19N2+. The molecule has 0 radical (unpaired) electrons. The Labute approximate surface area is 125 Å². The molecule has 0 bridgehead atoms. The van der Waals surface area contributed by atoms with Crippen molar-refractivity contribution in [2.75, 3.05) is 6.54 Å². The van der Waals surface area contributed by atoms with E-state index in [0.717, 1.165) is 25.0 Å². The van der Waals surface area contributed by atoms with Gasteiger partial charge in [-0.3, -0.25) is 4.98 Å². The Hall–Kier alpha value is -2.19. The Kier molecular flexibility index (Phi) is 3.17. The Balaban J connectivity index is 1.61. The van der Waals surface area contributed by atoms with E-state index in [2.05, 4.69) is 60.7 Å². The van der Waals surface area contributed by atoms with E-state index in [1.54, 1.807) is 4.90 Å². The Bertz CT molecular complexity index is 765. The predicted octanol–water partition coefficient (Wildman–Crippen LogP) is 2.38. The third-order valence-electron chi connectivity index (χ3n) is 4.35. The van der Waals surface area contributed by atoms with E-state index in [4.69, 9.17) is 4.98 Å². The van der Waals surface area contributed by atoms with Crippen LogP contribution in [0.2, 0.25) is 0 Å². The molecule has 2 heteroatoms. The highest BCUT2D eigenvalue weighted by Crippen LogP contribution is 2.18. The molecule has 1 aromatic heterocycles. The van der Waals surface area contributed by atoms with Gasteiger partial charge in [-0.15, -0.1) is 0 Å². The highest BCUT2D eigenvalue weighted by atomic mass is 15.1. The van der Waals surface area contributed by atoms with Gasteiger partial charge in [-0.2, -0.15) is 0 Å².